The number of halogens is 1. The summed E-state index contributed by atoms with van der Waals surface area (Å²) in [6.07, 6.45) is 3.94. The Balaban J connectivity index is 0.00000264. The number of nitrogens with zero attached hydrogens (tertiary/aromatic N) is 1. The van der Waals surface area contributed by atoms with Crippen LogP contribution in [-0.2, 0) is 11.3 Å². The lowest BCUT2D eigenvalue weighted by Gasteiger charge is -2.31. The first-order chi connectivity index (χ1) is 10.5. The zero-order valence-electron chi connectivity index (χ0n) is 13.8. The van der Waals surface area contributed by atoms with Crippen LogP contribution in [0.1, 0.15) is 41.6 Å². The monoisotopic (exact) mass is 339 g/mol. The topological polar surface area (TPSA) is 75.4 Å². The number of benzene rings is 1. The van der Waals surface area contributed by atoms with Gasteiger partial charge in [0.1, 0.15) is 0 Å². The Morgan fingerprint density at radius 3 is 2.26 bits per heavy atom. The summed E-state index contributed by atoms with van der Waals surface area (Å²) in [4.78, 5) is 26.0. The lowest BCUT2D eigenvalue weighted by atomic mass is 9.84. The fourth-order valence-electron chi connectivity index (χ4n) is 3.21. The van der Waals surface area contributed by atoms with Crippen molar-refractivity contribution in [3.8, 4) is 0 Å². The van der Waals surface area contributed by atoms with E-state index in [0.29, 0.717) is 18.7 Å². The Morgan fingerprint density at radius 1 is 1.22 bits per heavy atom. The van der Waals surface area contributed by atoms with Crippen molar-refractivity contribution in [1.82, 2.24) is 10.2 Å². The maximum absolute atomic E-state index is 12.7. The molecule has 5 nitrogen and oxygen atoms in total. The molecule has 1 aliphatic carbocycles. The van der Waals surface area contributed by atoms with Crippen LogP contribution in [0.15, 0.2) is 24.3 Å². The number of amides is 2. The Morgan fingerprint density at radius 2 is 1.78 bits per heavy atom. The summed E-state index contributed by atoms with van der Waals surface area (Å²) in [5.41, 5.74) is 7.14. The van der Waals surface area contributed by atoms with Crippen LogP contribution in [0.3, 0.4) is 0 Å². The van der Waals surface area contributed by atoms with Crippen LogP contribution in [0.25, 0.3) is 0 Å². The van der Waals surface area contributed by atoms with Gasteiger partial charge >= 0.3 is 0 Å². The molecule has 1 fully saturated rings. The molecule has 0 saturated heterocycles. The van der Waals surface area contributed by atoms with Gasteiger partial charge in [-0.2, -0.15) is 0 Å². The fourth-order valence-corrected chi connectivity index (χ4v) is 3.21. The molecule has 0 spiro atoms. The second kappa shape index (κ2) is 8.31. The Hall–Kier alpha value is -1.59. The summed E-state index contributed by atoms with van der Waals surface area (Å²) >= 11 is 0. The van der Waals surface area contributed by atoms with Crippen molar-refractivity contribution in [3.63, 3.8) is 0 Å². The van der Waals surface area contributed by atoms with Crippen molar-refractivity contribution in [3.05, 3.63) is 35.4 Å². The van der Waals surface area contributed by atoms with E-state index in [0.717, 1.165) is 31.2 Å². The number of hydrogen-bond acceptors (Lipinski definition) is 3. The molecular weight excluding hydrogens is 314 g/mol. The summed E-state index contributed by atoms with van der Waals surface area (Å²) in [5, 5.41) is 2.59. The molecule has 0 bridgehead atoms. The third kappa shape index (κ3) is 4.24. The molecule has 3 N–H and O–H groups in total. The summed E-state index contributed by atoms with van der Waals surface area (Å²) in [5.74, 6) is 0.0342. The number of hydrogen-bond donors (Lipinski definition) is 2. The molecule has 0 atom stereocenters. The number of nitrogens with two attached hydrogens (primary N) is 1. The molecule has 1 aliphatic rings. The molecule has 0 radical (unpaired) electrons. The first-order valence-electron chi connectivity index (χ1n) is 7.79. The Kier molecular flexibility index (Phi) is 7.03. The average molecular weight is 340 g/mol. The smallest absolute Gasteiger partial charge is 0.251 e. The predicted molar refractivity (Wildman–Crippen MR) is 93.5 cm³/mol. The van der Waals surface area contributed by atoms with Crippen molar-refractivity contribution in [2.75, 3.05) is 20.6 Å². The third-order valence-electron chi connectivity index (χ3n) is 4.61. The molecule has 128 valence electrons. The highest BCUT2D eigenvalue weighted by Gasteiger charge is 2.41. The van der Waals surface area contributed by atoms with Gasteiger partial charge in [-0.1, -0.05) is 25.0 Å². The zero-order chi connectivity index (χ0) is 16.2. The third-order valence-corrected chi connectivity index (χ3v) is 4.61. The van der Waals surface area contributed by atoms with Gasteiger partial charge < -0.3 is 16.0 Å². The van der Waals surface area contributed by atoms with Crippen LogP contribution in [-0.4, -0.2) is 37.4 Å². The minimum atomic E-state index is -0.364. The van der Waals surface area contributed by atoms with E-state index in [1.54, 1.807) is 24.1 Å². The molecule has 1 aromatic rings. The van der Waals surface area contributed by atoms with Gasteiger partial charge in [0.25, 0.3) is 5.91 Å². The standard InChI is InChI=1S/C17H25N3O2.ClH/c1-19-15(21)14-7-5-13(6-8-14)11-20(2)16(22)17(12-18)9-3-4-10-17;/h5-8H,3-4,9-12,18H2,1-2H3,(H,19,21);1H. The van der Waals surface area contributed by atoms with Crippen LogP contribution in [0, 0.1) is 5.41 Å². The van der Waals surface area contributed by atoms with Gasteiger partial charge in [0.2, 0.25) is 5.91 Å². The van der Waals surface area contributed by atoms with E-state index in [1.165, 1.54) is 0 Å². The highest BCUT2D eigenvalue weighted by atomic mass is 35.5. The number of carbonyl (C=O) groups is 2. The highest BCUT2D eigenvalue weighted by Crippen LogP contribution is 2.38. The molecular formula is C17H26ClN3O2. The van der Waals surface area contributed by atoms with E-state index in [2.05, 4.69) is 5.32 Å². The van der Waals surface area contributed by atoms with Gasteiger partial charge in [0, 0.05) is 32.7 Å². The summed E-state index contributed by atoms with van der Waals surface area (Å²) in [6.45, 7) is 0.959. The van der Waals surface area contributed by atoms with Gasteiger partial charge in [-0.3, -0.25) is 9.59 Å². The zero-order valence-corrected chi connectivity index (χ0v) is 14.6. The molecule has 23 heavy (non-hydrogen) atoms. The molecule has 1 aromatic carbocycles. The maximum atomic E-state index is 12.7. The Bertz CT molecular complexity index is 539. The maximum Gasteiger partial charge on any atom is 0.251 e. The van der Waals surface area contributed by atoms with Crippen LogP contribution < -0.4 is 11.1 Å². The van der Waals surface area contributed by atoms with Gasteiger partial charge in [0.15, 0.2) is 0 Å². The lowest BCUT2D eigenvalue weighted by Crippen LogP contribution is -2.44. The molecule has 0 heterocycles. The summed E-state index contributed by atoms with van der Waals surface area (Å²) in [6, 6.07) is 7.33. The summed E-state index contributed by atoms with van der Waals surface area (Å²) in [7, 11) is 3.43. The van der Waals surface area contributed by atoms with Crippen LogP contribution >= 0.6 is 12.4 Å². The van der Waals surface area contributed by atoms with E-state index >= 15 is 0 Å². The fraction of sp³-hybridized carbons (Fsp3) is 0.529. The molecule has 2 amide bonds. The van der Waals surface area contributed by atoms with Crippen molar-refractivity contribution in [1.29, 1.82) is 0 Å². The second-order valence-corrected chi connectivity index (χ2v) is 6.13. The predicted octanol–water partition coefficient (Wildman–Crippen LogP) is 1.95. The van der Waals surface area contributed by atoms with Crippen molar-refractivity contribution in [2.45, 2.75) is 32.2 Å². The van der Waals surface area contributed by atoms with Gasteiger partial charge in [-0.25, -0.2) is 0 Å². The Labute approximate surface area is 144 Å². The van der Waals surface area contributed by atoms with Crippen LogP contribution in [0.2, 0.25) is 0 Å². The van der Waals surface area contributed by atoms with Gasteiger partial charge in [-0.05, 0) is 30.5 Å². The molecule has 0 unspecified atom stereocenters. The second-order valence-electron chi connectivity index (χ2n) is 6.13. The van der Waals surface area contributed by atoms with Gasteiger partial charge in [0.05, 0.1) is 5.41 Å². The van der Waals surface area contributed by atoms with E-state index in [4.69, 9.17) is 5.73 Å². The SMILES string of the molecule is CNC(=O)c1ccc(CN(C)C(=O)C2(CN)CCCC2)cc1.Cl. The van der Waals surface area contributed by atoms with E-state index < -0.39 is 0 Å². The van der Waals surface area contributed by atoms with Crippen molar-refractivity contribution >= 4 is 24.2 Å². The van der Waals surface area contributed by atoms with Crippen LogP contribution in [0.4, 0.5) is 0 Å². The minimum absolute atomic E-state index is 0. The van der Waals surface area contributed by atoms with Gasteiger partial charge in [-0.15, -0.1) is 12.4 Å². The molecule has 2 rings (SSSR count). The number of nitrogens with one attached hydrogen (secondary N) is 1. The number of rotatable bonds is 5. The molecule has 6 heteroatoms. The van der Waals surface area contributed by atoms with E-state index in [1.807, 2.05) is 19.2 Å². The number of carbonyl (C=O) groups excluding carboxylic acids is 2. The summed E-state index contributed by atoms with van der Waals surface area (Å²) < 4.78 is 0. The molecule has 0 aromatic heterocycles. The quantitative estimate of drug-likeness (QED) is 0.860. The average Bonchev–Trinajstić information content (AvgIpc) is 3.04. The largest absolute Gasteiger partial charge is 0.355 e. The first kappa shape index (κ1) is 19.5. The van der Waals surface area contributed by atoms with Crippen LogP contribution in [0.5, 0.6) is 0 Å². The normalized spacial score (nSPS) is 15.6. The lowest BCUT2D eigenvalue weighted by molar-refractivity contribution is -0.140. The van der Waals surface area contributed by atoms with E-state index in [-0.39, 0.29) is 29.6 Å². The highest BCUT2D eigenvalue weighted by molar-refractivity contribution is 5.94. The van der Waals surface area contributed by atoms with E-state index in [9.17, 15) is 9.59 Å². The minimum Gasteiger partial charge on any atom is -0.355 e. The molecule has 1 saturated carbocycles. The molecule has 0 aliphatic heterocycles. The van der Waals surface area contributed by atoms with Crippen molar-refractivity contribution in [2.24, 2.45) is 11.1 Å². The van der Waals surface area contributed by atoms with Crippen molar-refractivity contribution < 1.29 is 9.59 Å². The first-order valence-corrected chi connectivity index (χ1v) is 7.79.